The van der Waals surface area contributed by atoms with E-state index in [1.54, 1.807) is 12.1 Å². The molecule has 0 aromatic heterocycles. The third-order valence-corrected chi connectivity index (χ3v) is 6.95. The first-order chi connectivity index (χ1) is 15.0. The Morgan fingerprint density at radius 3 is 2.35 bits per heavy atom. The fourth-order valence-corrected chi connectivity index (χ4v) is 4.86. The molecule has 2 aromatic carbocycles. The summed E-state index contributed by atoms with van der Waals surface area (Å²) in [6.45, 7) is 6.26. The molecule has 4 rings (SSSR count). The normalized spacial score (nSPS) is 19.3. The third kappa shape index (κ3) is 5.27. The molecule has 0 radical (unpaired) electrons. The Morgan fingerprint density at radius 1 is 1.06 bits per heavy atom. The molecule has 1 aliphatic heterocycles. The summed E-state index contributed by atoms with van der Waals surface area (Å²) in [6.07, 6.45) is 6.14. The molecule has 2 aliphatic rings. The summed E-state index contributed by atoms with van der Waals surface area (Å²) >= 11 is 0. The van der Waals surface area contributed by atoms with Gasteiger partial charge in [-0.15, -0.1) is 0 Å². The summed E-state index contributed by atoms with van der Waals surface area (Å²) in [5, 5.41) is 3.08. The highest BCUT2D eigenvalue weighted by Gasteiger charge is 2.42. The highest BCUT2D eigenvalue weighted by molar-refractivity contribution is 5.99. The van der Waals surface area contributed by atoms with E-state index in [2.05, 4.69) is 17.1 Å². The number of nitrogens with one attached hydrogen (secondary N) is 1. The van der Waals surface area contributed by atoms with E-state index < -0.39 is 5.41 Å². The van der Waals surface area contributed by atoms with Crippen molar-refractivity contribution in [1.29, 1.82) is 0 Å². The van der Waals surface area contributed by atoms with Crippen LogP contribution < -0.4 is 10.1 Å². The van der Waals surface area contributed by atoms with Gasteiger partial charge in [0.05, 0.1) is 5.41 Å². The van der Waals surface area contributed by atoms with Crippen LogP contribution in [0.2, 0.25) is 0 Å². The molecule has 4 nitrogen and oxygen atoms in total. The number of hydrogen-bond acceptors (Lipinski definition) is 3. The summed E-state index contributed by atoms with van der Waals surface area (Å²) in [5.41, 5.74) is 1.08. The van der Waals surface area contributed by atoms with Crippen LogP contribution in [-0.2, 0) is 10.2 Å². The van der Waals surface area contributed by atoms with Gasteiger partial charge in [-0.3, -0.25) is 9.69 Å². The van der Waals surface area contributed by atoms with Gasteiger partial charge in [-0.25, -0.2) is 4.39 Å². The van der Waals surface area contributed by atoms with E-state index in [0.717, 1.165) is 68.2 Å². The van der Waals surface area contributed by atoms with Crippen LogP contribution in [-0.4, -0.2) is 37.0 Å². The number of piperidine rings is 1. The molecule has 2 fully saturated rings. The van der Waals surface area contributed by atoms with Gasteiger partial charge in [0, 0.05) is 12.2 Å². The van der Waals surface area contributed by atoms with Gasteiger partial charge in [-0.05, 0) is 86.7 Å². The molecule has 1 amide bonds. The molecule has 0 atom stereocenters. The number of halogens is 1. The highest BCUT2D eigenvalue weighted by Crippen LogP contribution is 2.42. The summed E-state index contributed by atoms with van der Waals surface area (Å²) in [4.78, 5) is 15.7. The predicted octanol–water partition coefficient (Wildman–Crippen LogP) is 5.39. The molecule has 0 unspecified atom stereocenters. The zero-order chi connectivity index (χ0) is 21.7. The second-order valence-corrected chi connectivity index (χ2v) is 9.15. The van der Waals surface area contributed by atoms with E-state index in [-0.39, 0.29) is 11.7 Å². The monoisotopic (exact) mass is 424 g/mol. The first-order valence-electron chi connectivity index (χ1n) is 11.6. The zero-order valence-electron chi connectivity index (χ0n) is 18.4. The average molecular weight is 425 g/mol. The minimum atomic E-state index is -0.575. The van der Waals surface area contributed by atoms with Crippen LogP contribution in [0.4, 0.5) is 10.1 Å². The number of anilines is 1. The molecule has 5 heteroatoms. The summed E-state index contributed by atoms with van der Waals surface area (Å²) in [6, 6.07) is 14.0. The van der Waals surface area contributed by atoms with Crippen molar-refractivity contribution in [2.75, 3.05) is 31.6 Å². The van der Waals surface area contributed by atoms with Gasteiger partial charge in [0.2, 0.25) is 5.91 Å². The number of hydrogen-bond donors (Lipinski definition) is 1. The molecule has 1 heterocycles. The fraction of sp³-hybridized carbons (Fsp3) is 0.500. The Kier molecular flexibility index (Phi) is 6.91. The number of ether oxygens (including phenoxy) is 1. The van der Waals surface area contributed by atoms with E-state index in [4.69, 9.17) is 4.74 Å². The standard InChI is InChI=1S/C26H33FN2O2/c1-20-12-16-29(17-13-20)18-19-31-24-10-8-23(9-11-24)28-25(30)26(14-2-3-15-26)21-4-6-22(27)7-5-21/h4-11,20H,2-3,12-19H2,1H3,(H,28,30). The smallest absolute Gasteiger partial charge is 0.235 e. The number of carbonyl (C=O) groups is 1. The Hall–Kier alpha value is -2.40. The molecule has 1 saturated carbocycles. The first-order valence-corrected chi connectivity index (χ1v) is 11.6. The first kappa shape index (κ1) is 21.8. The molecule has 166 valence electrons. The van der Waals surface area contributed by atoms with Crippen LogP contribution in [0.5, 0.6) is 5.75 Å². The largest absolute Gasteiger partial charge is 0.492 e. The maximum atomic E-state index is 13.4. The van der Waals surface area contributed by atoms with Gasteiger partial charge in [0.1, 0.15) is 18.2 Å². The summed E-state index contributed by atoms with van der Waals surface area (Å²) < 4.78 is 19.3. The number of rotatable bonds is 7. The van der Waals surface area contributed by atoms with Gasteiger partial charge >= 0.3 is 0 Å². The Balaban J connectivity index is 1.32. The van der Waals surface area contributed by atoms with Crippen molar-refractivity contribution in [2.24, 2.45) is 5.92 Å². The molecular formula is C26H33FN2O2. The lowest BCUT2D eigenvalue weighted by Gasteiger charge is -2.30. The SMILES string of the molecule is CC1CCN(CCOc2ccc(NC(=O)C3(c4ccc(F)cc4)CCCC3)cc2)CC1. The van der Waals surface area contributed by atoms with Crippen LogP contribution in [0.3, 0.4) is 0 Å². The Bertz CT molecular complexity index is 852. The summed E-state index contributed by atoms with van der Waals surface area (Å²) in [5.74, 6) is 1.37. The summed E-state index contributed by atoms with van der Waals surface area (Å²) in [7, 11) is 0. The number of nitrogens with zero attached hydrogens (tertiary/aromatic N) is 1. The number of benzene rings is 2. The van der Waals surface area contributed by atoms with Gasteiger partial charge < -0.3 is 10.1 Å². The van der Waals surface area contributed by atoms with E-state index in [1.807, 2.05) is 24.3 Å². The van der Waals surface area contributed by atoms with E-state index in [1.165, 1.54) is 25.0 Å². The third-order valence-electron chi connectivity index (χ3n) is 6.95. The van der Waals surface area contributed by atoms with Gasteiger partial charge in [0.15, 0.2) is 0 Å². The van der Waals surface area contributed by atoms with Crippen LogP contribution in [0.25, 0.3) is 0 Å². The quantitative estimate of drug-likeness (QED) is 0.648. The van der Waals surface area contributed by atoms with Crippen molar-refractivity contribution in [1.82, 2.24) is 4.90 Å². The van der Waals surface area contributed by atoms with Gasteiger partial charge in [-0.1, -0.05) is 31.9 Å². The molecule has 2 aromatic rings. The molecule has 31 heavy (non-hydrogen) atoms. The minimum absolute atomic E-state index is 0.00963. The molecule has 1 aliphatic carbocycles. The van der Waals surface area contributed by atoms with E-state index in [9.17, 15) is 9.18 Å². The lowest BCUT2D eigenvalue weighted by Crippen LogP contribution is -2.38. The topological polar surface area (TPSA) is 41.6 Å². The van der Waals surface area contributed by atoms with Crippen molar-refractivity contribution in [3.8, 4) is 5.75 Å². The van der Waals surface area contributed by atoms with Crippen molar-refractivity contribution < 1.29 is 13.9 Å². The average Bonchev–Trinajstić information content (AvgIpc) is 3.28. The lowest BCUT2D eigenvalue weighted by atomic mass is 9.78. The van der Waals surface area contributed by atoms with Crippen molar-refractivity contribution in [3.63, 3.8) is 0 Å². The van der Waals surface area contributed by atoms with Gasteiger partial charge in [-0.2, -0.15) is 0 Å². The second-order valence-electron chi connectivity index (χ2n) is 9.15. The Morgan fingerprint density at radius 2 is 1.71 bits per heavy atom. The van der Waals surface area contributed by atoms with Crippen LogP contribution >= 0.6 is 0 Å². The maximum Gasteiger partial charge on any atom is 0.235 e. The maximum absolute atomic E-state index is 13.4. The second kappa shape index (κ2) is 9.82. The predicted molar refractivity (Wildman–Crippen MR) is 122 cm³/mol. The van der Waals surface area contributed by atoms with Crippen molar-refractivity contribution in [3.05, 3.63) is 59.9 Å². The van der Waals surface area contributed by atoms with E-state index >= 15 is 0 Å². The van der Waals surface area contributed by atoms with E-state index in [0.29, 0.717) is 6.61 Å². The zero-order valence-corrected chi connectivity index (χ0v) is 18.4. The molecule has 1 N–H and O–H groups in total. The fourth-order valence-electron chi connectivity index (χ4n) is 4.86. The highest BCUT2D eigenvalue weighted by atomic mass is 19.1. The van der Waals surface area contributed by atoms with Crippen molar-refractivity contribution >= 4 is 11.6 Å². The minimum Gasteiger partial charge on any atom is -0.492 e. The Labute approximate surface area is 184 Å². The van der Waals surface area contributed by atoms with Crippen molar-refractivity contribution in [2.45, 2.75) is 50.9 Å². The van der Waals surface area contributed by atoms with Crippen LogP contribution in [0, 0.1) is 11.7 Å². The molecule has 0 spiro atoms. The van der Waals surface area contributed by atoms with Crippen LogP contribution in [0.15, 0.2) is 48.5 Å². The van der Waals surface area contributed by atoms with Gasteiger partial charge in [0.25, 0.3) is 0 Å². The molecular weight excluding hydrogens is 391 g/mol. The number of carbonyl (C=O) groups excluding carboxylic acids is 1. The number of likely N-dealkylation sites (tertiary alicyclic amines) is 1. The lowest BCUT2D eigenvalue weighted by molar-refractivity contribution is -0.121. The number of amides is 1. The molecule has 0 bridgehead atoms. The van der Waals surface area contributed by atoms with Crippen LogP contribution in [0.1, 0.15) is 51.0 Å². The molecule has 1 saturated heterocycles.